The molecule has 2 atom stereocenters. The molecule has 9 heteroatoms. The minimum Gasteiger partial charge on any atom is -0.496 e. The average molecular weight is 465 g/mol. The normalized spacial score (nSPS) is 20.8. The van der Waals surface area contributed by atoms with E-state index in [9.17, 15) is 10.1 Å². The summed E-state index contributed by atoms with van der Waals surface area (Å²) in [6.45, 7) is 0. The number of ether oxygens (including phenoxy) is 1. The van der Waals surface area contributed by atoms with Gasteiger partial charge in [-0.3, -0.25) is 15.1 Å². The number of nitro groups is 1. The fourth-order valence-corrected chi connectivity index (χ4v) is 5.29. The molecule has 2 aromatic heterocycles. The Morgan fingerprint density at radius 1 is 1.21 bits per heavy atom. The second kappa shape index (κ2) is 8.82. The molecule has 3 aromatic rings. The molecule has 1 aromatic carbocycles. The van der Waals surface area contributed by atoms with Crippen LogP contribution in [0.1, 0.15) is 49.2 Å². The summed E-state index contributed by atoms with van der Waals surface area (Å²) in [6, 6.07) is 14.3. The van der Waals surface area contributed by atoms with Crippen molar-refractivity contribution in [3.05, 3.63) is 76.3 Å². The van der Waals surface area contributed by atoms with Crippen molar-refractivity contribution in [1.29, 1.82) is 0 Å². The number of non-ortho nitro benzene ring substituents is 1. The van der Waals surface area contributed by atoms with E-state index in [1.807, 2.05) is 30.3 Å². The van der Waals surface area contributed by atoms with Gasteiger partial charge in [0.1, 0.15) is 23.3 Å². The quantitative estimate of drug-likeness (QED) is 0.303. The summed E-state index contributed by atoms with van der Waals surface area (Å²) in [7, 11) is 1.49. The van der Waals surface area contributed by atoms with Crippen molar-refractivity contribution in [3.63, 3.8) is 0 Å². The van der Waals surface area contributed by atoms with Crippen LogP contribution in [0.15, 0.2) is 59.1 Å². The number of aromatic nitrogens is 1. The largest absolute Gasteiger partial charge is 0.496 e. The van der Waals surface area contributed by atoms with Crippen LogP contribution >= 0.6 is 12.2 Å². The molecule has 170 valence electrons. The van der Waals surface area contributed by atoms with E-state index in [0.29, 0.717) is 28.2 Å². The molecule has 0 bridgehead atoms. The van der Waals surface area contributed by atoms with E-state index >= 15 is 0 Å². The predicted octanol–water partition coefficient (Wildman–Crippen LogP) is 5.17. The molecule has 1 saturated carbocycles. The highest BCUT2D eigenvalue weighted by Gasteiger charge is 2.45. The second-order valence-corrected chi connectivity index (χ2v) is 8.70. The maximum Gasteiger partial charge on any atom is 0.273 e. The standard InChI is InChI=1S/C24H24N4O4S/c1-31-21-14-16(28(29)30)9-10-17(21)19-11-12-20(32-19)23-22(18-8-4-5-13-25-18)26-24(33)27(23)15-6-2-3-7-15/h4-5,8-15,22-23H,2-3,6-7H2,1H3,(H,26,33). The molecular formula is C24H24N4O4S. The molecule has 3 heterocycles. The minimum absolute atomic E-state index is 0.0321. The number of thiocarbonyl (C=S) groups is 1. The number of nitro benzene ring substituents is 1. The van der Waals surface area contributed by atoms with Crippen molar-refractivity contribution in [2.24, 2.45) is 0 Å². The SMILES string of the molecule is COc1cc([N+](=O)[O-])ccc1-c1ccc(C2C(c3ccccn3)NC(=S)N2C2CCCC2)o1. The van der Waals surface area contributed by atoms with E-state index in [2.05, 4.69) is 15.2 Å². The van der Waals surface area contributed by atoms with Crippen molar-refractivity contribution in [3.8, 4) is 17.1 Å². The maximum absolute atomic E-state index is 11.2. The summed E-state index contributed by atoms with van der Waals surface area (Å²) in [5.74, 6) is 1.74. The Labute approximate surface area is 196 Å². The van der Waals surface area contributed by atoms with Crippen LogP contribution in [0.25, 0.3) is 11.3 Å². The molecule has 0 spiro atoms. The van der Waals surface area contributed by atoms with Gasteiger partial charge in [-0.1, -0.05) is 18.9 Å². The zero-order valence-corrected chi connectivity index (χ0v) is 19.0. The van der Waals surface area contributed by atoms with Crippen LogP contribution in [-0.2, 0) is 0 Å². The average Bonchev–Trinajstić information content (AvgIpc) is 3.58. The van der Waals surface area contributed by atoms with Crippen LogP contribution in [0.3, 0.4) is 0 Å². The van der Waals surface area contributed by atoms with Gasteiger partial charge in [0, 0.05) is 18.3 Å². The van der Waals surface area contributed by atoms with E-state index in [1.54, 1.807) is 12.3 Å². The molecule has 5 rings (SSSR count). The van der Waals surface area contributed by atoms with Gasteiger partial charge >= 0.3 is 0 Å². The van der Waals surface area contributed by atoms with Gasteiger partial charge in [-0.2, -0.15) is 0 Å². The molecule has 2 unspecified atom stereocenters. The number of pyridine rings is 1. The Kier molecular flexibility index (Phi) is 5.72. The van der Waals surface area contributed by atoms with Crippen molar-refractivity contribution < 1.29 is 14.1 Å². The van der Waals surface area contributed by atoms with E-state index < -0.39 is 4.92 Å². The first-order valence-corrected chi connectivity index (χ1v) is 11.4. The lowest BCUT2D eigenvalue weighted by Crippen LogP contribution is -2.37. The highest BCUT2D eigenvalue weighted by atomic mass is 32.1. The maximum atomic E-state index is 11.2. The second-order valence-electron chi connectivity index (χ2n) is 8.32. The molecule has 33 heavy (non-hydrogen) atoms. The summed E-state index contributed by atoms with van der Waals surface area (Å²) >= 11 is 5.77. The van der Waals surface area contributed by atoms with Crippen LogP contribution in [0, 0.1) is 10.1 Å². The van der Waals surface area contributed by atoms with Crippen LogP contribution in [0.4, 0.5) is 5.69 Å². The first-order chi connectivity index (χ1) is 16.1. The van der Waals surface area contributed by atoms with Gasteiger partial charge in [0.2, 0.25) is 0 Å². The lowest BCUT2D eigenvalue weighted by molar-refractivity contribution is -0.384. The van der Waals surface area contributed by atoms with Gasteiger partial charge in [-0.25, -0.2) is 0 Å². The Morgan fingerprint density at radius 2 is 2.03 bits per heavy atom. The van der Waals surface area contributed by atoms with Gasteiger partial charge < -0.3 is 19.4 Å². The molecular weight excluding hydrogens is 440 g/mol. The fourth-order valence-electron chi connectivity index (χ4n) is 4.90. The minimum atomic E-state index is -0.443. The van der Waals surface area contributed by atoms with Gasteiger partial charge in [-0.15, -0.1) is 0 Å². The molecule has 8 nitrogen and oxygen atoms in total. The molecule has 1 saturated heterocycles. The summed E-state index contributed by atoms with van der Waals surface area (Å²) < 4.78 is 11.8. The van der Waals surface area contributed by atoms with Crippen LogP contribution in [0.2, 0.25) is 0 Å². The molecule has 0 amide bonds. The number of hydrogen-bond acceptors (Lipinski definition) is 6. The van der Waals surface area contributed by atoms with Crippen molar-refractivity contribution in [1.82, 2.24) is 15.2 Å². The molecule has 1 N–H and O–H groups in total. The molecule has 1 aliphatic carbocycles. The summed E-state index contributed by atoms with van der Waals surface area (Å²) in [4.78, 5) is 17.6. The molecule has 0 radical (unpaired) electrons. The lowest BCUT2D eigenvalue weighted by Gasteiger charge is -2.31. The monoisotopic (exact) mass is 464 g/mol. The van der Waals surface area contributed by atoms with E-state index in [-0.39, 0.29) is 17.8 Å². The Balaban J connectivity index is 1.55. The third-order valence-electron chi connectivity index (χ3n) is 6.43. The summed E-state index contributed by atoms with van der Waals surface area (Å²) in [5.41, 5.74) is 1.52. The number of hydrogen-bond donors (Lipinski definition) is 1. The van der Waals surface area contributed by atoms with Crippen molar-refractivity contribution in [2.45, 2.75) is 43.8 Å². The summed E-state index contributed by atoms with van der Waals surface area (Å²) in [5, 5.41) is 15.3. The lowest BCUT2D eigenvalue weighted by atomic mass is 10.0. The number of nitrogens with zero attached hydrogens (tertiary/aromatic N) is 3. The third kappa shape index (κ3) is 3.93. The molecule has 1 aliphatic heterocycles. The van der Waals surface area contributed by atoms with Crippen molar-refractivity contribution in [2.75, 3.05) is 7.11 Å². The van der Waals surface area contributed by atoms with E-state index in [0.717, 1.165) is 24.3 Å². The zero-order chi connectivity index (χ0) is 22.9. The number of rotatable bonds is 6. The van der Waals surface area contributed by atoms with Crippen LogP contribution in [0.5, 0.6) is 5.75 Å². The van der Waals surface area contributed by atoms with Gasteiger partial charge in [0.15, 0.2) is 5.11 Å². The van der Waals surface area contributed by atoms with E-state index in [1.165, 1.54) is 32.1 Å². The van der Waals surface area contributed by atoms with Crippen LogP contribution < -0.4 is 10.1 Å². The first-order valence-electron chi connectivity index (χ1n) is 11.0. The fraction of sp³-hybridized carbons (Fsp3) is 0.333. The Bertz CT molecular complexity index is 1180. The molecule has 2 aliphatic rings. The topological polar surface area (TPSA) is 93.7 Å². The van der Waals surface area contributed by atoms with Gasteiger partial charge in [0.05, 0.1) is 35.4 Å². The van der Waals surface area contributed by atoms with E-state index in [4.69, 9.17) is 21.4 Å². The molecule has 2 fully saturated rings. The number of furan rings is 1. The smallest absolute Gasteiger partial charge is 0.273 e. The number of benzene rings is 1. The van der Waals surface area contributed by atoms with Gasteiger partial charge in [0.25, 0.3) is 5.69 Å². The highest BCUT2D eigenvalue weighted by molar-refractivity contribution is 7.80. The highest BCUT2D eigenvalue weighted by Crippen LogP contribution is 2.44. The Hall–Kier alpha value is -3.46. The first kappa shape index (κ1) is 21.4. The summed E-state index contributed by atoms with van der Waals surface area (Å²) in [6.07, 6.45) is 6.35. The van der Waals surface area contributed by atoms with Gasteiger partial charge in [-0.05, 0) is 55.4 Å². The Morgan fingerprint density at radius 3 is 2.73 bits per heavy atom. The van der Waals surface area contributed by atoms with Crippen molar-refractivity contribution >= 4 is 23.0 Å². The zero-order valence-electron chi connectivity index (χ0n) is 18.1. The predicted molar refractivity (Wildman–Crippen MR) is 127 cm³/mol. The third-order valence-corrected chi connectivity index (χ3v) is 6.76. The number of methoxy groups -OCH3 is 1. The van der Waals surface area contributed by atoms with Crippen LogP contribution in [-0.4, -0.2) is 33.1 Å². The number of nitrogens with one attached hydrogen (secondary N) is 1.